The number of nitrogens with zero attached hydrogens (tertiary/aromatic N) is 5. The van der Waals surface area contributed by atoms with Crippen LogP contribution in [-0.2, 0) is 22.8 Å². The molecule has 0 bridgehead atoms. The molecule has 1 saturated heterocycles. The molecule has 4 heterocycles. The molecule has 2 fully saturated rings. The van der Waals surface area contributed by atoms with Crippen molar-refractivity contribution in [1.82, 2.24) is 24.7 Å². The monoisotopic (exact) mass is 545 g/mol. The Balaban J connectivity index is 1.37. The minimum absolute atomic E-state index is 0.0371. The Morgan fingerprint density at radius 1 is 1.13 bits per heavy atom. The molecule has 2 unspecified atom stereocenters. The number of fused-ring (bicyclic) bond motifs is 1. The highest BCUT2D eigenvalue weighted by molar-refractivity contribution is 6.04. The van der Waals surface area contributed by atoms with Crippen molar-refractivity contribution in [3.63, 3.8) is 0 Å². The Labute approximate surface area is 210 Å². The summed E-state index contributed by atoms with van der Waals surface area (Å²) < 4.78 is 84.7. The summed E-state index contributed by atoms with van der Waals surface area (Å²) in [5.74, 6) is -2.69. The third kappa shape index (κ3) is 4.87. The van der Waals surface area contributed by atoms with Gasteiger partial charge in [0.05, 0.1) is 11.2 Å². The standard InChI is InChI=1S/C22H21F6N7O3/c1-33-9-13(17(32-33)21(23,24)25)30-18(36)14-4-2-12-3-5-16(31-35(12)14)34-7-6-29-10-20(11-34)8-15(20)38-19(37)22(26,27)28/h2-5,9,15,29H,6-8,10-11H2,1H3,(H,30,36). The fourth-order valence-electron chi connectivity index (χ4n) is 4.58. The first-order valence-corrected chi connectivity index (χ1v) is 11.4. The van der Waals surface area contributed by atoms with E-state index in [0.717, 1.165) is 10.9 Å². The highest BCUT2D eigenvalue weighted by Crippen LogP contribution is 2.50. The summed E-state index contributed by atoms with van der Waals surface area (Å²) in [6.07, 6.45) is -9.50. The lowest BCUT2D eigenvalue weighted by Crippen LogP contribution is -2.35. The van der Waals surface area contributed by atoms with E-state index in [1.54, 1.807) is 23.1 Å². The number of carbonyl (C=O) groups is 2. The zero-order valence-corrected chi connectivity index (χ0v) is 19.7. The Hall–Kier alpha value is -3.82. The van der Waals surface area contributed by atoms with Crippen molar-refractivity contribution in [2.45, 2.75) is 24.9 Å². The molecule has 3 aromatic rings. The highest BCUT2D eigenvalue weighted by atomic mass is 19.4. The Morgan fingerprint density at radius 3 is 2.58 bits per heavy atom. The van der Waals surface area contributed by atoms with E-state index in [4.69, 9.17) is 0 Å². The molecule has 1 aliphatic carbocycles. The molecular formula is C22H21F6N7O3. The van der Waals surface area contributed by atoms with Crippen molar-refractivity contribution in [3.8, 4) is 0 Å². The third-order valence-corrected chi connectivity index (χ3v) is 6.53. The van der Waals surface area contributed by atoms with Crippen LogP contribution in [0, 0.1) is 5.41 Å². The molecular weight excluding hydrogens is 524 g/mol. The number of rotatable bonds is 4. The van der Waals surface area contributed by atoms with Crippen LogP contribution in [0.4, 0.5) is 37.8 Å². The molecule has 0 radical (unpaired) electrons. The zero-order chi connectivity index (χ0) is 27.5. The predicted octanol–water partition coefficient (Wildman–Crippen LogP) is 2.61. The van der Waals surface area contributed by atoms with Gasteiger partial charge in [-0.15, -0.1) is 5.10 Å². The maximum absolute atomic E-state index is 13.3. The molecule has 1 spiro atoms. The quantitative estimate of drug-likeness (QED) is 0.384. The second-order valence-corrected chi connectivity index (χ2v) is 9.32. The first-order chi connectivity index (χ1) is 17.8. The number of hydrogen-bond acceptors (Lipinski definition) is 7. The van der Waals surface area contributed by atoms with Crippen molar-refractivity contribution in [3.05, 3.63) is 41.9 Å². The number of hydrogen-bond donors (Lipinski definition) is 2. The summed E-state index contributed by atoms with van der Waals surface area (Å²) in [4.78, 5) is 26.0. The number of ether oxygens (including phenoxy) is 1. The number of aryl methyl sites for hydroxylation is 1. The van der Waals surface area contributed by atoms with Gasteiger partial charge in [0.25, 0.3) is 5.91 Å². The van der Waals surface area contributed by atoms with Crippen LogP contribution in [0.2, 0.25) is 0 Å². The van der Waals surface area contributed by atoms with E-state index < -0.39 is 47.1 Å². The number of nitrogens with one attached hydrogen (secondary N) is 2. The number of anilines is 2. The largest absolute Gasteiger partial charge is 0.490 e. The topological polar surface area (TPSA) is 106 Å². The zero-order valence-electron chi connectivity index (χ0n) is 19.7. The van der Waals surface area contributed by atoms with Crippen LogP contribution in [0.25, 0.3) is 5.52 Å². The van der Waals surface area contributed by atoms with Crippen LogP contribution in [0.15, 0.2) is 30.5 Å². The van der Waals surface area contributed by atoms with Gasteiger partial charge in [-0.05, 0) is 30.7 Å². The molecule has 2 atom stereocenters. The molecule has 2 N–H and O–H groups in total. The van der Waals surface area contributed by atoms with Gasteiger partial charge in [-0.2, -0.15) is 31.4 Å². The van der Waals surface area contributed by atoms with Gasteiger partial charge >= 0.3 is 18.3 Å². The summed E-state index contributed by atoms with van der Waals surface area (Å²) >= 11 is 0. The van der Waals surface area contributed by atoms with E-state index >= 15 is 0 Å². The smallest absolute Gasteiger partial charge is 0.455 e. The summed E-state index contributed by atoms with van der Waals surface area (Å²) in [5, 5.41) is 13.2. The maximum Gasteiger partial charge on any atom is 0.490 e. The van der Waals surface area contributed by atoms with Gasteiger partial charge in [-0.3, -0.25) is 9.48 Å². The molecule has 10 nitrogen and oxygen atoms in total. The van der Waals surface area contributed by atoms with E-state index in [1.165, 1.54) is 17.6 Å². The van der Waals surface area contributed by atoms with Gasteiger partial charge in [-0.25, -0.2) is 9.31 Å². The summed E-state index contributed by atoms with van der Waals surface area (Å²) in [5.41, 5.74) is -2.03. The van der Waals surface area contributed by atoms with E-state index in [0.29, 0.717) is 31.0 Å². The van der Waals surface area contributed by atoms with Gasteiger partial charge < -0.3 is 20.3 Å². The average molecular weight is 545 g/mol. The fourth-order valence-corrected chi connectivity index (χ4v) is 4.58. The molecule has 16 heteroatoms. The van der Waals surface area contributed by atoms with Gasteiger partial charge in [0, 0.05) is 44.8 Å². The second-order valence-electron chi connectivity index (χ2n) is 9.32. The number of aromatic nitrogens is 4. The summed E-state index contributed by atoms with van der Waals surface area (Å²) in [6.45, 7) is 1.47. The first-order valence-electron chi connectivity index (χ1n) is 11.4. The molecule has 5 rings (SSSR count). The number of alkyl halides is 6. The van der Waals surface area contributed by atoms with E-state index in [2.05, 4.69) is 25.6 Å². The molecule has 3 aromatic heterocycles. The lowest BCUT2D eigenvalue weighted by atomic mass is 10.1. The minimum Gasteiger partial charge on any atom is -0.455 e. The molecule has 1 saturated carbocycles. The minimum atomic E-state index is -5.09. The van der Waals surface area contributed by atoms with Crippen LogP contribution < -0.4 is 15.5 Å². The number of esters is 1. The molecule has 2 aliphatic rings. The molecule has 1 amide bonds. The molecule has 204 valence electrons. The van der Waals surface area contributed by atoms with Crippen molar-refractivity contribution in [2.75, 3.05) is 36.4 Å². The number of carbonyl (C=O) groups excluding carboxylic acids is 2. The Bertz CT molecular complexity index is 1400. The first kappa shape index (κ1) is 25.8. The van der Waals surface area contributed by atoms with Crippen LogP contribution in [0.3, 0.4) is 0 Å². The van der Waals surface area contributed by atoms with Crippen LogP contribution in [0.5, 0.6) is 0 Å². The molecule has 0 aromatic carbocycles. The number of amides is 1. The van der Waals surface area contributed by atoms with Crippen molar-refractivity contribution < 1.29 is 40.7 Å². The maximum atomic E-state index is 13.3. The van der Waals surface area contributed by atoms with Crippen LogP contribution in [0.1, 0.15) is 22.6 Å². The lowest BCUT2D eigenvalue weighted by Gasteiger charge is -2.25. The van der Waals surface area contributed by atoms with E-state index in [-0.39, 0.29) is 18.7 Å². The molecule has 38 heavy (non-hydrogen) atoms. The predicted molar refractivity (Wildman–Crippen MR) is 119 cm³/mol. The van der Waals surface area contributed by atoms with Gasteiger partial charge in [0.1, 0.15) is 17.6 Å². The summed E-state index contributed by atoms with van der Waals surface area (Å²) in [7, 11) is 1.29. The van der Waals surface area contributed by atoms with Crippen molar-refractivity contribution in [1.29, 1.82) is 0 Å². The van der Waals surface area contributed by atoms with E-state index in [9.17, 15) is 35.9 Å². The highest BCUT2D eigenvalue weighted by Gasteiger charge is 2.60. The molecule has 1 aliphatic heterocycles. The summed E-state index contributed by atoms with van der Waals surface area (Å²) in [6, 6.07) is 6.30. The Kier molecular flexibility index (Phi) is 6.04. The Morgan fingerprint density at radius 2 is 1.87 bits per heavy atom. The SMILES string of the molecule is Cn1cc(NC(=O)c2ccc3ccc(N4CCNCC5(CC5OC(=O)C(F)(F)F)C4)nn23)c(C(F)(F)F)n1. The normalized spacial score (nSPS) is 22.0. The van der Waals surface area contributed by atoms with E-state index in [1.807, 2.05) is 0 Å². The average Bonchev–Trinajstić information content (AvgIpc) is 3.17. The van der Waals surface area contributed by atoms with Crippen molar-refractivity contribution in [2.24, 2.45) is 12.5 Å². The van der Waals surface area contributed by atoms with Gasteiger partial charge in [0.15, 0.2) is 5.69 Å². The van der Waals surface area contributed by atoms with Gasteiger partial charge in [0.2, 0.25) is 0 Å². The van der Waals surface area contributed by atoms with Crippen molar-refractivity contribution >= 4 is 28.9 Å². The van der Waals surface area contributed by atoms with Crippen LogP contribution in [-0.4, -0.2) is 69.7 Å². The third-order valence-electron chi connectivity index (χ3n) is 6.53. The lowest BCUT2D eigenvalue weighted by molar-refractivity contribution is -0.202. The van der Waals surface area contributed by atoms with Crippen LogP contribution >= 0.6 is 0 Å². The number of halogens is 6. The fraction of sp³-hybridized carbons (Fsp3) is 0.455. The van der Waals surface area contributed by atoms with Gasteiger partial charge in [-0.1, -0.05) is 0 Å². The second kappa shape index (κ2) is 8.89.